The van der Waals surface area contributed by atoms with Crippen LogP contribution >= 0.6 is 0 Å². The normalized spacial score (nSPS) is 12.8. The Bertz CT molecular complexity index is 1020. The summed E-state index contributed by atoms with van der Waals surface area (Å²) in [5.74, 6) is 0.321. The maximum atomic E-state index is 12.8. The van der Waals surface area contributed by atoms with Gasteiger partial charge in [0.1, 0.15) is 34.4 Å². The van der Waals surface area contributed by atoms with Gasteiger partial charge in [-0.05, 0) is 0 Å². The first-order valence-corrected chi connectivity index (χ1v) is 8.12. The Kier molecular flexibility index (Phi) is 2.99. The Morgan fingerprint density at radius 3 is 1.42 bits per heavy atom. The molecule has 2 N–H and O–H groups in total. The number of aromatic nitrogens is 4. The highest BCUT2D eigenvalue weighted by atomic mass is 16.1. The van der Waals surface area contributed by atoms with E-state index in [9.17, 15) is 9.59 Å². The van der Waals surface area contributed by atoms with E-state index in [1.165, 1.54) is 0 Å². The molecule has 6 nitrogen and oxygen atoms in total. The topological polar surface area (TPSA) is 91.5 Å². The van der Waals surface area contributed by atoms with Crippen molar-refractivity contribution in [3.8, 4) is 22.8 Å². The van der Waals surface area contributed by atoms with Crippen LogP contribution < -0.4 is 0 Å². The minimum atomic E-state index is -0.355. The van der Waals surface area contributed by atoms with Gasteiger partial charge in [-0.3, -0.25) is 9.59 Å². The van der Waals surface area contributed by atoms with E-state index in [1.54, 1.807) is 0 Å². The van der Waals surface area contributed by atoms with Crippen molar-refractivity contribution in [2.24, 2.45) is 0 Å². The summed E-state index contributed by atoms with van der Waals surface area (Å²) in [6.45, 7) is 0. The van der Waals surface area contributed by atoms with Gasteiger partial charge in [0.05, 0.1) is 0 Å². The predicted molar refractivity (Wildman–Crippen MR) is 94.9 cm³/mol. The number of hydrogen-bond donors (Lipinski definition) is 2. The molecule has 0 radical (unpaired) electrons. The molecule has 124 valence electrons. The van der Waals surface area contributed by atoms with Crippen LogP contribution in [0.3, 0.4) is 0 Å². The number of aromatic amines is 2. The van der Waals surface area contributed by atoms with E-state index in [0.717, 1.165) is 11.1 Å². The van der Waals surface area contributed by atoms with E-state index >= 15 is 0 Å². The quantitative estimate of drug-likeness (QED) is 0.516. The zero-order chi connectivity index (χ0) is 17.7. The molecule has 2 aromatic carbocycles. The van der Waals surface area contributed by atoms with E-state index < -0.39 is 0 Å². The summed E-state index contributed by atoms with van der Waals surface area (Å²) in [6, 6.07) is 18.7. The van der Waals surface area contributed by atoms with Gasteiger partial charge in [0, 0.05) is 11.1 Å². The van der Waals surface area contributed by atoms with E-state index in [2.05, 4.69) is 19.9 Å². The van der Waals surface area contributed by atoms with Crippen LogP contribution in [0.1, 0.15) is 32.4 Å². The van der Waals surface area contributed by atoms with Crippen molar-refractivity contribution in [1.82, 2.24) is 19.9 Å². The van der Waals surface area contributed by atoms with Crippen LogP contribution in [0, 0.1) is 0 Å². The molecule has 6 heteroatoms. The van der Waals surface area contributed by atoms with Crippen molar-refractivity contribution in [2.45, 2.75) is 0 Å². The molecular weight excluding hydrogens is 328 g/mol. The minimum Gasteiger partial charge on any atom is -0.335 e. The number of carbonyl (C=O) groups excluding carboxylic acids is 2. The summed E-state index contributed by atoms with van der Waals surface area (Å²) in [6.07, 6.45) is 0. The van der Waals surface area contributed by atoms with E-state index in [1.807, 2.05) is 60.7 Å². The van der Waals surface area contributed by atoms with Crippen molar-refractivity contribution in [3.05, 3.63) is 83.4 Å². The van der Waals surface area contributed by atoms with Crippen LogP contribution in [0.15, 0.2) is 60.7 Å². The van der Waals surface area contributed by atoms with Gasteiger partial charge >= 0.3 is 0 Å². The average Bonchev–Trinajstić information content (AvgIpc) is 3.33. The lowest BCUT2D eigenvalue weighted by atomic mass is 10.00. The summed E-state index contributed by atoms with van der Waals surface area (Å²) < 4.78 is 0. The predicted octanol–water partition coefficient (Wildman–Crippen LogP) is 3.24. The van der Waals surface area contributed by atoms with Gasteiger partial charge in [-0.1, -0.05) is 60.7 Å². The van der Waals surface area contributed by atoms with Crippen LogP contribution in [-0.2, 0) is 0 Å². The fraction of sp³-hybridized carbons (Fsp3) is 0. The highest BCUT2D eigenvalue weighted by molar-refractivity contribution is 6.26. The Morgan fingerprint density at radius 2 is 1.00 bits per heavy atom. The maximum absolute atomic E-state index is 12.8. The first-order chi connectivity index (χ1) is 12.7. The van der Waals surface area contributed by atoms with Crippen molar-refractivity contribution < 1.29 is 9.59 Å². The smallest absolute Gasteiger partial charge is 0.234 e. The van der Waals surface area contributed by atoms with Gasteiger partial charge in [0.2, 0.25) is 11.6 Å². The monoisotopic (exact) mass is 340 g/mol. The molecule has 0 amide bonds. The lowest BCUT2D eigenvalue weighted by molar-refractivity contribution is 0.0969. The second kappa shape index (κ2) is 5.35. The third kappa shape index (κ3) is 2.05. The Hall–Kier alpha value is -3.80. The molecule has 0 saturated carbocycles. The number of hydrogen-bond acceptors (Lipinski definition) is 4. The number of carbonyl (C=O) groups is 2. The summed E-state index contributed by atoms with van der Waals surface area (Å²) in [5, 5.41) is 0. The lowest BCUT2D eigenvalue weighted by Gasteiger charge is -2.06. The van der Waals surface area contributed by atoms with Crippen LogP contribution in [0.5, 0.6) is 0 Å². The zero-order valence-electron chi connectivity index (χ0n) is 13.5. The number of imidazole rings is 2. The second-order valence-corrected chi connectivity index (χ2v) is 6.01. The van der Waals surface area contributed by atoms with Gasteiger partial charge in [-0.15, -0.1) is 0 Å². The molecule has 2 aromatic heterocycles. The number of nitrogens with zero attached hydrogens (tertiary/aromatic N) is 2. The highest BCUT2D eigenvalue weighted by Crippen LogP contribution is 2.29. The summed E-state index contributed by atoms with van der Waals surface area (Å²) in [7, 11) is 0. The van der Waals surface area contributed by atoms with Gasteiger partial charge in [0.15, 0.2) is 0 Å². The third-order valence-corrected chi connectivity index (χ3v) is 4.39. The molecule has 0 atom stereocenters. The van der Waals surface area contributed by atoms with Crippen LogP contribution in [0.2, 0.25) is 0 Å². The van der Waals surface area contributed by atoms with E-state index in [4.69, 9.17) is 0 Å². The Morgan fingerprint density at radius 1 is 0.577 bits per heavy atom. The number of fused-ring (bicyclic) bond motifs is 2. The molecule has 0 aliphatic heterocycles. The van der Waals surface area contributed by atoms with Crippen LogP contribution in [0.25, 0.3) is 22.8 Å². The molecule has 0 spiro atoms. The van der Waals surface area contributed by atoms with Crippen molar-refractivity contribution in [2.75, 3.05) is 0 Å². The molecule has 0 bridgehead atoms. The molecule has 2 heterocycles. The fourth-order valence-corrected chi connectivity index (χ4v) is 3.11. The summed E-state index contributed by atoms with van der Waals surface area (Å²) in [5.41, 5.74) is 2.25. The molecule has 26 heavy (non-hydrogen) atoms. The van der Waals surface area contributed by atoms with Gasteiger partial charge in [-0.25, -0.2) is 9.97 Å². The molecule has 0 saturated heterocycles. The number of nitrogens with one attached hydrogen (secondary N) is 2. The first-order valence-electron chi connectivity index (χ1n) is 8.12. The largest absolute Gasteiger partial charge is 0.335 e. The fourth-order valence-electron chi connectivity index (χ4n) is 3.11. The van der Waals surface area contributed by atoms with Crippen LogP contribution in [0.4, 0.5) is 0 Å². The molecule has 0 fully saturated rings. The molecule has 4 aromatic rings. The van der Waals surface area contributed by atoms with Gasteiger partial charge < -0.3 is 9.97 Å². The summed E-state index contributed by atoms with van der Waals surface area (Å²) in [4.78, 5) is 40.4. The SMILES string of the molecule is O=C1c2nc(-c3ccccc3)[nH]c2C(=O)c2[nH]c(-c3ccccc3)nc21. The number of rotatable bonds is 2. The number of H-pyrrole nitrogens is 2. The summed E-state index contributed by atoms with van der Waals surface area (Å²) >= 11 is 0. The molecule has 0 unspecified atom stereocenters. The minimum absolute atomic E-state index is 0.118. The van der Waals surface area contributed by atoms with Crippen molar-refractivity contribution >= 4 is 11.6 Å². The van der Waals surface area contributed by atoms with E-state index in [0.29, 0.717) is 11.6 Å². The Balaban J connectivity index is 1.62. The molecular formula is C20H12N4O2. The average molecular weight is 340 g/mol. The maximum Gasteiger partial charge on any atom is 0.234 e. The third-order valence-electron chi connectivity index (χ3n) is 4.39. The van der Waals surface area contributed by atoms with Crippen LogP contribution in [-0.4, -0.2) is 31.5 Å². The Labute approximate surface area is 148 Å². The molecule has 1 aliphatic carbocycles. The van der Waals surface area contributed by atoms with Crippen molar-refractivity contribution in [3.63, 3.8) is 0 Å². The second-order valence-electron chi connectivity index (χ2n) is 6.01. The molecule has 5 rings (SSSR count). The molecule has 1 aliphatic rings. The highest BCUT2D eigenvalue weighted by Gasteiger charge is 2.36. The van der Waals surface area contributed by atoms with Gasteiger partial charge in [-0.2, -0.15) is 0 Å². The standard InChI is InChI=1S/C20H12N4O2/c25-17-13-14(22-19(21-13)11-7-3-1-4-8-11)18(26)16-15(17)23-20(24-16)12-9-5-2-6-10-12/h1-10H,(H,21,22)(H,23,24). The van der Waals surface area contributed by atoms with Crippen molar-refractivity contribution in [1.29, 1.82) is 0 Å². The van der Waals surface area contributed by atoms with E-state index in [-0.39, 0.29) is 34.3 Å². The van der Waals surface area contributed by atoms with Gasteiger partial charge in [0.25, 0.3) is 0 Å². The first kappa shape index (κ1) is 14.5. The lowest BCUT2D eigenvalue weighted by Crippen LogP contribution is -2.20. The zero-order valence-corrected chi connectivity index (χ0v) is 13.5. The number of ketones is 2. The number of benzene rings is 2.